The maximum absolute atomic E-state index is 13.5. The van der Waals surface area contributed by atoms with Crippen molar-refractivity contribution < 1.29 is 43.2 Å². The highest BCUT2D eigenvalue weighted by molar-refractivity contribution is 7.17. The van der Waals surface area contributed by atoms with Crippen LogP contribution in [-0.2, 0) is 81.7 Å². The average Bonchev–Trinajstić information content (AvgIpc) is 1.62. The number of rotatable bonds is 29. The van der Waals surface area contributed by atoms with Gasteiger partial charge in [0.25, 0.3) is 0 Å². The van der Waals surface area contributed by atoms with Crippen LogP contribution in [0.2, 0.25) is 0 Å². The second-order valence-corrected chi connectivity index (χ2v) is 30.0. The van der Waals surface area contributed by atoms with E-state index in [-0.39, 0.29) is 18.7 Å². The van der Waals surface area contributed by atoms with Crippen LogP contribution in [0.25, 0.3) is 63.7 Å². The van der Waals surface area contributed by atoms with Crippen LogP contribution in [0, 0.1) is 0 Å². The average molecular weight is 1480 g/mol. The Labute approximate surface area is 626 Å². The van der Waals surface area contributed by atoms with Crippen molar-refractivity contribution in [2.75, 3.05) is 0 Å². The SMILES string of the molecule is CC(=O)N[C@H](Cc1c[nH]c2ccccc12)NC(=O)[C@@H](Cc1csc2ccccc12)NC(=O)C(C)(C)N.CC(C)(N)C(=O)N[C@H](Cc1cccc2ccccc12)C(=O)N[C@H](Cc1c[nH]c2ccccc12)NC=O.CC(C)(N)C(=O)N[C@H](Cc1csc2ccccc12)C(=O)N[C@H](Cc1c[nH]c2ccccc12)NC=O. The van der Waals surface area contributed by atoms with E-state index in [0.717, 1.165) is 97.0 Å². The highest BCUT2D eigenvalue weighted by atomic mass is 32.1. The lowest BCUT2D eigenvalue weighted by atomic mass is 9.97. The zero-order valence-corrected chi connectivity index (χ0v) is 62.2. The first-order chi connectivity index (χ1) is 51.1. The van der Waals surface area contributed by atoms with E-state index in [2.05, 4.69) is 62.8 Å². The number of hydrogen-bond donors (Lipinski definition) is 15. The molecule has 0 radical (unpaired) electrons. The fourth-order valence-electron chi connectivity index (χ4n) is 12.4. The minimum Gasteiger partial charge on any atom is -0.361 e. The Hall–Kier alpha value is -11.6. The number of thiophene rings is 2. The molecule has 0 unspecified atom stereocenters. The monoisotopic (exact) mass is 1480 g/mol. The molecule has 9 amide bonds. The van der Waals surface area contributed by atoms with Gasteiger partial charge in [-0.1, -0.05) is 133 Å². The molecule has 556 valence electrons. The first kappa shape index (κ1) is 78.0. The number of amides is 9. The van der Waals surface area contributed by atoms with Crippen LogP contribution in [0.1, 0.15) is 81.8 Å². The van der Waals surface area contributed by atoms with E-state index in [4.69, 9.17) is 17.2 Å². The second-order valence-electron chi connectivity index (χ2n) is 28.2. The van der Waals surface area contributed by atoms with Crippen LogP contribution in [0.15, 0.2) is 193 Å². The van der Waals surface area contributed by atoms with E-state index in [0.29, 0.717) is 38.5 Å². The Balaban J connectivity index is 0.000000172. The summed E-state index contributed by atoms with van der Waals surface area (Å²) in [6, 6.07) is 50.4. The van der Waals surface area contributed by atoms with Gasteiger partial charge in [-0.15, -0.1) is 22.7 Å². The summed E-state index contributed by atoms with van der Waals surface area (Å²) >= 11 is 3.18. The summed E-state index contributed by atoms with van der Waals surface area (Å²) in [6.45, 7) is 10.9. The molecule has 26 heteroatoms. The number of carbonyl (C=O) groups is 9. The van der Waals surface area contributed by atoms with Gasteiger partial charge in [-0.05, 0) is 138 Å². The van der Waals surface area contributed by atoms with E-state index in [1.54, 1.807) is 64.2 Å². The smallest absolute Gasteiger partial charge is 0.244 e. The Bertz CT molecular complexity index is 5140. The standard InChI is InChI=1S/C28H31N5O3.C27H31N5O3S.C26H29N5O3S/c1-28(2,29)27(36)32-24(14-19-10-7-9-18-8-3-4-11-21(18)19)26(35)33-25(31-17-34)15-20-16-30-23-13-6-5-12-22(20)23;1-16(33)30-24(13-17-14-29-21-10-6-4-8-19(17)21)32-25(34)22(31-26(35)27(2,3)28)12-18-15-36-23-11-7-5-9-20(18)23;1-26(2,27)25(34)30-21(11-17-14-35-22-10-6-4-8-19(17)22)24(33)31-23(29-15-32)12-16-13-28-20-9-5-3-7-18(16)20/h3-13,16-17,24-25,30H,14-15,29H2,1-2H3,(H,31,34)(H,32,36)(H,33,35);4-11,14-15,22,24,29H,12-13,28H2,1-3H3,(H,30,33)(H,31,35)(H,32,34);3-10,13-15,21,23,28H,11-12,27H2,1-2H3,(H,29,32)(H,30,34)(H,31,33)/t24-,25-;22-,24+;21-,23-/m111/s1. The van der Waals surface area contributed by atoms with E-state index >= 15 is 0 Å². The molecule has 0 aliphatic heterocycles. The molecule has 5 aromatic heterocycles. The van der Waals surface area contributed by atoms with E-state index < -0.39 is 88.7 Å². The summed E-state index contributed by atoms with van der Waals surface area (Å²) in [5, 5.41) is 36.5. The van der Waals surface area contributed by atoms with E-state index in [9.17, 15) is 43.2 Å². The van der Waals surface area contributed by atoms with Crippen molar-refractivity contribution in [3.05, 3.63) is 227 Å². The lowest BCUT2D eigenvalue weighted by Crippen LogP contribution is -2.59. The number of H-pyrrole nitrogens is 3. The van der Waals surface area contributed by atoms with Gasteiger partial charge in [-0.3, -0.25) is 43.2 Å². The quantitative estimate of drug-likeness (QED) is 0.0156. The lowest BCUT2D eigenvalue weighted by molar-refractivity contribution is -0.132. The van der Waals surface area contributed by atoms with Crippen LogP contribution >= 0.6 is 22.7 Å². The molecule has 6 atom stereocenters. The van der Waals surface area contributed by atoms with Gasteiger partial charge in [0.1, 0.15) is 36.6 Å². The van der Waals surface area contributed by atoms with Crippen molar-refractivity contribution in [1.29, 1.82) is 0 Å². The minimum absolute atomic E-state index is 0.260. The maximum atomic E-state index is 13.5. The molecule has 107 heavy (non-hydrogen) atoms. The molecule has 0 saturated carbocycles. The van der Waals surface area contributed by atoms with Crippen LogP contribution < -0.4 is 65.1 Å². The number of aromatic nitrogens is 3. The summed E-state index contributed by atoms with van der Waals surface area (Å²) in [5.74, 6) is -2.81. The van der Waals surface area contributed by atoms with Gasteiger partial charge in [-0.25, -0.2) is 0 Å². The van der Waals surface area contributed by atoms with Gasteiger partial charge in [0.2, 0.25) is 54.2 Å². The molecule has 12 rings (SSSR count). The molecule has 24 nitrogen and oxygen atoms in total. The van der Waals surface area contributed by atoms with Gasteiger partial charge in [0.15, 0.2) is 0 Å². The maximum Gasteiger partial charge on any atom is 0.244 e. The third-order valence-corrected chi connectivity index (χ3v) is 20.1. The number of para-hydroxylation sites is 3. The normalized spacial score (nSPS) is 13.3. The fraction of sp³-hybridized carbons (Fsp3) is 0.272. The molecule has 18 N–H and O–H groups in total. The van der Waals surface area contributed by atoms with E-state index in [1.807, 2.05) is 193 Å². The van der Waals surface area contributed by atoms with Gasteiger partial charge < -0.3 is 80.0 Å². The predicted molar refractivity (Wildman–Crippen MR) is 423 cm³/mol. The molecular formula is C81H91N15O9S2. The molecule has 0 bridgehead atoms. The second kappa shape index (κ2) is 35.0. The Kier molecular flexibility index (Phi) is 25.6. The summed E-state index contributed by atoms with van der Waals surface area (Å²) in [5.41, 5.74) is 23.1. The third-order valence-electron chi connectivity index (χ3n) is 18.1. The Morgan fingerprint density at radius 1 is 0.364 bits per heavy atom. The number of benzene rings is 7. The summed E-state index contributed by atoms with van der Waals surface area (Å²) < 4.78 is 2.21. The number of carbonyl (C=O) groups excluding carboxylic acids is 9. The zero-order valence-electron chi connectivity index (χ0n) is 60.6. The van der Waals surface area contributed by atoms with Crippen LogP contribution in [0.4, 0.5) is 0 Å². The first-order valence-electron chi connectivity index (χ1n) is 35.0. The van der Waals surface area contributed by atoms with Crippen molar-refractivity contribution in [2.45, 2.75) is 140 Å². The van der Waals surface area contributed by atoms with Crippen molar-refractivity contribution in [1.82, 2.24) is 62.8 Å². The number of nitrogens with two attached hydrogens (primary N) is 3. The number of aromatic amines is 3. The topological polar surface area (TPSA) is 387 Å². The molecule has 0 spiro atoms. The molecule has 12 aromatic rings. The number of fused-ring (bicyclic) bond motifs is 6. The predicted octanol–water partition coefficient (Wildman–Crippen LogP) is 8.06. The molecule has 0 aliphatic carbocycles. The first-order valence-corrected chi connectivity index (χ1v) is 36.8. The molecule has 0 aliphatic rings. The van der Waals surface area contributed by atoms with Crippen molar-refractivity contribution in [2.24, 2.45) is 17.2 Å². The van der Waals surface area contributed by atoms with Gasteiger partial charge >= 0.3 is 0 Å². The minimum atomic E-state index is -1.16. The summed E-state index contributed by atoms with van der Waals surface area (Å²) in [4.78, 5) is 123. The summed E-state index contributed by atoms with van der Waals surface area (Å²) in [6.07, 6.45) is 6.67. The largest absolute Gasteiger partial charge is 0.361 e. The lowest BCUT2D eigenvalue weighted by Gasteiger charge is -2.26. The highest BCUT2D eigenvalue weighted by Crippen LogP contribution is 2.30. The highest BCUT2D eigenvalue weighted by Gasteiger charge is 2.34. The Morgan fingerprint density at radius 2 is 0.682 bits per heavy atom. The molecule has 5 heterocycles. The number of nitrogens with one attached hydrogen (secondary N) is 12. The van der Waals surface area contributed by atoms with Crippen molar-refractivity contribution >= 4 is 140 Å². The number of hydrogen-bond acceptors (Lipinski definition) is 14. The van der Waals surface area contributed by atoms with Gasteiger partial charge in [-0.2, -0.15) is 0 Å². The zero-order chi connectivity index (χ0) is 76.6. The summed E-state index contributed by atoms with van der Waals surface area (Å²) in [7, 11) is 0. The fourth-order valence-corrected chi connectivity index (χ4v) is 14.4. The van der Waals surface area contributed by atoms with E-state index in [1.165, 1.54) is 6.92 Å². The van der Waals surface area contributed by atoms with Crippen LogP contribution in [0.5, 0.6) is 0 Å². The van der Waals surface area contributed by atoms with Gasteiger partial charge in [0.05, 0.1) is 16.6 Å². The van der Waals surface area contributed by atoms with Crippen molar-refractivity contribution in [3.63, 3.8) is 0 Å². The van der Waals surface area contributed by atoms with Crippen LogP contribution in [0.3, 0.4) is 0 Å². The van der Waals surface area contributed by atoms with Gasteiger partial charge in [0, 0.05) is 106 Å². The molecule has 0 saturated heterocycles. The molecule has 0 fully saturated rings. The van der Waals surface area contributed by atoms with Crippen molar-refractivity contribution in [3.8, 4) is 0 Å². The molecule has 7 aromatic carbocycles. The molecular weight excluding hydrogens is 1390 g/mol. The third kappa shape index (κ3) is 20.7. The Morgan fingerprint density at radius 3 is 1.06 bits per heavy atom. The van der Waals surface area contributed by atoms with Crippen LogP contribution in [-0.4, -0.2) is 122 Å².